The summed E-state index contributed by atoms with van der Waals surface area (Å²) in [6.45, 7) is 0.802. The molecule has 0 spiro atoms. The number of halogens is 1. The van der Waals surface area contributed by atoms with Gasteiger partial charge < -0.3 is 10.1 Å². The summed E-state index contributed by atoms with van der Waals surface area (Å²) in [5, 5.41) is 4.19. The van der Waals surface area contributed by atoms with Gasteiger partial charge >= 0.3 is 0 Å². The molecule has 1 N–H and O–H groups in total. The minimum absolute atomic E-state index is 0.516. The molecule has 20 heavy (non-hydrogen) atoms. The van der Waals surface area contributed by atoms with Crippen LogP contribution >= 0.6 is 11.6 Å². The van der Waals surface area contributed by atoms with Crippen LogP contribution < -0.4 is 10.1 Å². The number of ether oxygens (including phenoxy) is 1. The van der Waals surface area contributed by atoms with Gasteiger partial charge in [0, 0.05) is 35.6 Å². The van der Waals surface area contributed by atoms with E-state index in [2.05, 4.69) is 15.3 Å². The first kappa shape index (κ1) is 13.3. The second kappa shape index (κ2) is 5.77. The van der Waals surface area contributed by atoms with Gasteiger partial charge in [0.25, 0.3) is 0 Å². The Labute approximate surface area is 123 Å². The highest BCUT2D eigenvalue weighted by Crippen LogP contribution is 2.31. The highest BCUT2D eigenvalue weighted by atomic mass is 35.5. The van der Waals surface area contributed by atoms with Crippen LogP contribution in [0.4, 0.5) is 0 Å². The lowest BCUT2D eigenvalue weighted by Gasteiger charge is -2.12. The fourth-order valence-electron chi connectivity index (χ4n) is 2.12. The van der Waals surface area contributed by atoms with Gasteiger partial charge in [0.1, 0.15) is 5.69 Å². The summed E-state index contributed by atoms with van der Waals surface area (Å²) in [6, 6.07) is 6.50. The topological polar surface area (TPSA) is 47.0 Å². The molecule has 4 nitrogen and oxygen atoms in total. The molecule has 0 saturated heterocycles. The van der Waals surface area contributed by atoms with Crippen LogP contribution in [-0.4, -0.2) is 23.1 Å². The molecule has 1 aromatic heterocycles. The molecule has 5 heteroatoms. The molecule has 3 rings (SSSR count). The Morgan fingerprint density at radius 1 is 1.30 bits per heavy atom. The van der Waals surface area contributed by atoms with Crippen molar-refractivity contribution < 1.29 is 4.74 Å². The van der Waals surface area contributed by atoms with E-state index in [1.165, 1.54) is 12.8 Å². The quantitative estimate of drug-likeness (QED) is 0.919. The maximum absolute atomic E-state index is 6.13. The fraction of sp³-hybridized carbons (Fsp3) is 0.333. The maximum Gasteiger partial charge on any atom is 0.240 e. The molecule has 0 unspecified atom stereocenters. The molecule has 1 aromatic carbocycles. The summed E-state index contributed by atoms with van der Waals surface area (Å²) in [7, 11) is 1.60. The van der Waals surface area contributed by atoms with E-state index >= 15 is 0 Å². The zero-order valence-corrected chi connectivity index (χ0v) is 12.0. The largest absolute Gasteiger partial charge is 0.479 e. The van der Waals surface area contributed by atoms with Crippen LogP contribution in [0.15, 0.2) is 30.6 Å². The fourth-order valence-corrected chi connectivity index (χ4v) is 2.30. The average Bonchev–Trinajstić information content (AvgIpc) is 3.30. The Hall–Kier alpha value is -1.65. The Kier molecular flexibility index (Phi) is 3.85. The number of benzene rings is 1. The van der Waals surface area contributed by atoms with E-state index in [-0.39, 0.29) is 0 Å². The molecule has 0 bridgehead atoms. The van der Waals surface area contributed by atoms with Crippen LogP contribution in [0.2, 0.25) is 5.02 Å². The van der Waals surface area contributed by atoms with Crippen molar-refractivity contribution in [1.82, 2.24) is 15.3 Å². The van der Waals surface area contributed by atoms with Gasteiger partial charge in [-0.25, -0.2) is 9.97 Å². The smallest absolute Gasteiger partial charge is 0.240 e. The van der Waals surface area contributed by atoms with Gasteiger partial charge in [0.2, 0.25) is 5.88 Å². The van der Waals surface area contributed by atoms with Crippen molar-refractivity contribution in [3.8, 4) is 17.1 Å². The zero-order valence-electron chi connectivity index (χ0n) is 11.3. The van der Waals surface area contributed by atoms with Crippen LogP contribution in [0.25, 0.3) is 11.3 Å². The van der Waals surface area contributed by atoms with Crippen LogP contribution in [-0.2, 0) is 6.54 Å². The van der Waals surface area contributed by atoms with Crippen molar-refractivity contribution in [2.45, 2.75) is 25.4 Å². The highest BCUT2D eigenvalue weighted by Gasteiger charge is 2.21. The van der Waals surface area contributed by atoms with Crippen molar-refractivity contribution in [1.29, 1.82) is 0 Å². The standard InChI is InChI=1S/C15H16ClN3O/c1-20-15-14(17-6-7-18-15)13-8-11(16)3-2-10(13)9-19-12-4-5-12/h2-3,6-8,12,19H,4-5,9H2,1H3. The summed E-state index contributed by atoms with van der Waals surface area (Å²) in [5.41, 5.74) is 2.85. The molecule has 1 aliphatic carbocycles. The van der Waals surface area contributed by atoms with Crippen molar-refractivity contribution in [2.75, 3.05) is 7.11 Å². The lowest BCUT2D eigenvalue weighted by molar-refractivity contribution is 0.397. The predicted octanol–water partition coefficient (Wildman–Crippen LogP) is 3.06. The second-order valence-corrected chi connectivity index (χ2v) is 5.31. The Morgan fingerprint density at radius 2 is 2.10 bits per heavy atom. The number of nitrogens with one attached hydrogen (secondary N) is 1. The molecule has 1 aliphatic rings. The average molecular weight is 290 g/mol. The lowest BCUT2D eigenvalue weighted by Crippen LogP contribution is -2.16. The van der Waals surface area contributed by atoms with Crippen molar-refractivity contribution in [2.24, 2.45) is 0 Å². The Balaban J connectivity index is 1.98. The SMILES string of the molecule is COc1nccnc1-c1cc(Cl)ccc1CNC1CC1. The third-order valence-corrected chi connectivity index (χ3v) is 3.58. The van der Waals surface area contributed by atoms with Crippen molar-refractivity contribution >= 4 is 11.6 Å². The summed E-state index contributed by atoms with van der Waals surface area (Å²) < 4.78 is 5.30. The molecular weight excluding hydrogens is 274 g/mol. The number of nitrogens with zero attached hydrogens (tertiary/aromatic N) is 2. The number of methoxy groups -OCH3 is 1. The Morgan fingerprint density at radius 3 is 2.85 bits per heavy atom. The van der Waals surface area contributed by atoms with Crippen LogP contribution in [0.1, 0.15) is 18.4 Å². The van der Waals surface area contributed by atoms with Gasteiger partial charge in [-0.2, -0.15) is 0 Å². The molecule has 1 saturated carbocycles. The van der Waals surface area contributed by atoms with E-state index in [0.717, 1.165) is 23.4 Å². The molecule has 104 valence electrons. The second-order valence-electron chi connectivity index (χ2n) is 4.87. The normalized spacial score (nSPS) is 14.3. The van der Waals surface area contributed by atoms with E-state index in [0.29, 0.717) is 16.9 Å². The summed E-state index contributed by atoms with van der Waals surface area (Å²) in [5.74, 6) is 0.516. The van der Waals surface area contributed by atoms with E-state index in [9.17, 15) is 0 Å². The molecule has 0 radical (unpaired) electrons. The number of aromatic nitrogens is 2. The lowest BCUT2D eigenvalue weighted by atomic mass is 10.0. The van der Waals surface area contributed by atoms with Gasteiger partial charge in [0.15, 0.2) is 0 Å². The molecule has 1 fully saturated rings. The van der Waals surface area contributed by atoms with Gasteiger partial charge in [-0.15, -0.1) is 0 Å². The van der Waals surface area contributed by atoms with E-state index < -0.39 is 0 Å². The van der Waals surface area contributed by atoms with E-state index in [4.69, 9.17) is 16.3 Å². The summed E-state index contributed by atoms with van der Waals surface area (Å²) in [6.07, 6.45) is 5.81. The first-order valence-corrected chi connectivity index (χ1v) is 7.03. The van der Waals surface area contributed by atoms with E-state index in [1.54, 1.807) is 19.5 Å². The minimum atomic E-state index is 0.516. The highest BCUT2D eigenvalue weighted by molar-refractivity contribution is 6.30. The van der Waals surface area contributed by atoms with Gasteiger partial charge in [-0.05, 0) is 30.5 Å². The van der Waals surface area contributed by atoms with Crippen LogP contribution in [0, 0.1) is 0 Å². The zero-order chi connectivity index (χ0) is 13.9. The van der Waals surface area contributed by atoms with Gasteiger partial charge in [-0.1, -0.05) is 17.7 Å². The Bertz CT molecular complexity index is 614. The third kappa shape index (κ3) is 2.92. The molecule has 0 aliphatic heterocycles. The van der Waals surface area contributed by atoms with Gasteiger partial charge in [-0.3, -0.25) is 0 Å². The molecule has 2 aromatic rings. The predicted molar refractivity (Wildman–Crippen MR) is 78.9 cm³/mol. The summed E-state index contributed by atoms with van der Waals surface area (Å²) in [4.78, 5) is 8.59. The third-order valence-electron chi connectivity index (χ3n) is 3.34. The number of hydrogen-bond acceptors (Lipinski definition) is 4. The van der Waals surface area contributed by atoms with Crippen LogP contribution in [0.5, 0.6) is 5.88 Å². The molecule has 0 atom stereocenters. The van der Waals surface area contributed by atoms with E-state index in [1.807, 2.05) is 18.2 Å². The van der Waals surface area contributed by atoms with Crippen LogP contribution in [0.3, 0.4) is 0 Å². The minimum Gasteiger partial charge on any atom is -0.479 e. The number of rotatable bonds is 5. The molecule has 1 heterocycles. The monoisotopic (exact) mass is 289 g/mol. The summed E-state index contributed by atoms with van der Waals surface area (Å²) >= 11 is 6.13. The number of hydrogen-bond donors (Lipinski definition) is 1. The molecule has 0 amide bonds. The van der Waals surface area contributed by atoms with Gasteiger partial charge in [0.05, 0.1) is 7.11 Å². The van der Waals surface area contributed by atoms with Crippen molar-refractivity contribution in [3.63, 3.8) is 0 Å². The first-order valence-electron chi connectivity index (χ1n) is 6.65. The van der Waals surface area contributed by atoms with Crippen molar-refractivity contribution in [3.05, 3.63) is 41.2 Å². The molecular formula is C15H16ClN3O. The first-order chi connectivity index (χ1) is 9.78. The maximum atomic E-state index is 6.13.